The first-order valence-corrected chi connectivity index (χ1v) is 3.82. The van der Waals surface area contributed by atoms with Crippen LogP contribution in [0.3, 0.4) is 0 Å². The van der Waals surface area contributed by atoms with Gasteiger partial charge in [-0.05, 0) is 6.42 Å². The van der Waals surface area contributed by atoms with E-state index in [0.29, 0.717) is 12.3 Å². The summed E-state index contributed by atoms with van der Waals surface area (Å²) in [6, 6.07) is 0. The standard InChI is InChI=1S/C8H12N2O2/c1-12-4-2-3-10-7-9-5-8(10)6-11/h5-7H,2-4H2,1H3. The Balaban J connectivity index is 2.45. The molecule has 1 aromatic heterocycles. The molecule has 0 fully saturated rings. The van der Waals surface area contributed by atoms with E-state index in [9.17, 15) is 4.79 Å². The van der Waals surface area contributed by atoms with E-state index in [2.05, 4.69) is 4.98 Å². The van der Waals surface area contributed by atoms with Crippen molar-refractivity contribution in [1.29, 1.82) is 0 Å². The molecule has 0 amide bonds. The minimum absolute atomic E-state index is 0.617. The van der Waals surface area contributed by atoms with Crippen LogP contribution in [0.15, 0.2) is 12.5 Å². The third kappa shape index (κ3) is 2.17. The maximum absolute atomic E-state index is 10.4. The Morgan fingerprint density at radius 3 is 3.25 bits per heavy atom. The number of rotatable bonds is 5. The quantitative estimate of drug-likeness (QED) is 0.481. The number of carbonyl (C=O) groups is 1. The minimum Gasteiger partial charge on any atom is -0.385 e. The Kier molecular flexibility index (Phi) is 3.47. The number of ether oxygens (including phenoxy) is 1. The lowest BCUT2D eigenvalue weighted by Gasteiger charge is -2.02. The zero-order valence-corrected chi connectivity index (χ0v) is 7.06. The molecule has 0 radical (unpaired) electrons. The summed E-state index contributed by atoms with van der Waals surface area (Å²) in [5.74, 6) is 0. The number of methoxy groups -OCH3 is 1. The number of hydrogen-bond donors (Lipinski definition) is 0. The van der Waals surface area contributed by atoms with Crippen molar-refractivity contribution in [3.05, 3.63) is 18.2 Å². The second-order valence-electron chi connectivity index (χ2n) is 2.48. The molecule has 12 heavy (non-hydrogen) atoms. The number of aldehydes is 1. The average Bonchev–Trinajstić information content (AvgIpc) is 2.52. The van der Waals surface area contributed by atoms with E-state index >= 15 is 0 Å². The Bertz CT molecular complexity index is 245. The zero-order valence-electron chi connectivity index (χ0n) is 7.06. The van der Waals surface area contributed by atoms with Crippen molar-refractivity contribution in [1.82, 2.24) is 9.55 Å². The first-order valence-electron chi connectivity index (χ1n) is 3.82. The van der Waals surface area contributed by atoms with E-state index in [1.165, 1.54) is 0 Å². The van der Waals surface area contributed by atoms with Gasteiger partial charge in [0.25, 0.3) is 0 Å². The topological polar surface area (TPSA) is 44.1 Å². The Labute approximate surface area is 71.2 Å². The molecule has 4 nitrogen and oxygen atoms in total. The van der Waals surface area contributed by atoms with Crippen LogP contribution in [-0.2, 0) is 11.3 Å². The van der Waals surface area contributed by atoms with E-state index in [1.807, 2.05) is 4.57 Å². The molecular formula is C8H12N2O2. The van der Waals surface area contributed by atoms with Gasteiger partial charge in [0.15, 0.2) is 6.29 Å². The van der Waals surface area contributed by atoms with E-state index in [1.54, 1.807) is 19.6 Å². The Morgan fingerprint density at radius 2 is 2.58 bits per heavy atom. The van der Waals surface area contributed by atoms with Gasteiger partial charge in [-0.15, -0.1) is 0 Å². The van der Waals surface area contributed by atoms with Crippen LogP contribution in [-0.4, -0.2) is 29.6 Å². The molecule has 0 unspecified atom stereocenters. The second kappa shape index (κ2) is 4.66. The normalized spacial score (nSPS) is 10.1. The number of imidazole rings is 1. The second-order valence-corrected chi connectivity index (χ2v) is 2.48. The SMILES string of the molecule is COCCCn1cncc1C=O. The van der Waals surface area contributed by atoms with Crippen LogP contribution in [0.4, 0.5) is 0 Å². The maximum atomic E-state index is 10.4. The zero-order chi connectivity index (χ0) is 8.81. The fourth-order valence-electron chi connectivity index (χ4n) is 0.995. The van der Waals surface area contributed by atoms with E-state index in [0.717, 1.165) is 19.3 Å². The van der Waals surface area contributed by atoms with Crippen LogP contribution >= 0.6 is 0 Å². The van der Waals surface area contributed by atoms with Gasteiger partial charge in [-0.2, -0.15) is 0 Å². The first kappa shape index (κ1) is 8.93. The lowest BCUT2D eigenvalue weighted by atomic mass is 10.4. The summed E-state index contributed by atoms with van der Waals surface area (Å²) in [5.41, 5.74) is 0.617. The van der Waals surface area contributed by atoms with Crippen molar-refractivity contribution < 1.29 is 9.53 Å². The number of aromatic nitrogens is 2. The van der Waals surface area contributed by atoms with Crippen molar-refractivity contribution in [3.63, 3.8) is 0 Å². The molecule has 0 aliphatic rings. The summed E-state index contributed by atoms with van der Waals surface area (Å²) in [7, 11) is 1.66. The van der Waals surface area contributed by atoms with Crippen LogP contribution in [0.1, 0.15) is 16.9 Å². The molecule has 1 rings (SSSR count). The van der Waals surface area contributed by atoms with Gasteiger partial charge in [0, 0.05) is 20.3 Å². The van der Waals surface area contributed by atoms with E-state index in [-0.39, 0.29) is 0 Å². The van der Waals surface area contributed by atoms with E-state index < -0.39 is 0 Å². The fraction of sp³-hybridized carbons (Fsp3) is 0.500. The molecule has 66 valence electrons. The van der Waals surface area contributed by atoms with Crippen LogP contribution in [0.25, 0.3) is 0 Å². The van der Waals surface area contributed by atoms with Gasteiger partial charge < -0.3 is 9.30 Å². The van der Waals surface area contributed by atoms with Gasteiger partial charge in [0.05, 0.1) is 12.5 Å². The van der Waals surface area contributed by atoms with Gasteiger partial charge >= 0.3 is 0 Å². The van der Waals surface area contributed by atoms with Crippen molar-refractivity contribution in [3.8, 4) is 0 Å². The summed E-state index contributed by atoms with van der Waals surface area (Å²) >= 11 is 0. The van der Waals surface area contributed by atoms with Gasteiger partial charge in [0.1, 0.15) is 5.69 Å². The molecule has 1 heterocycles. The summed E-state index contributed by atoms with van der Waals surface area (Å²) in [6.45, 7) is 1.48. The minimum atomic E-state index is 0.617. The van der Waals surface area contributed by atoms with Crippen molar-refractivity contribution in [2.24, 2.45) is 0 Å². The monoisotopic (exact) mass is 168 g/mol. The number of aryl methyl sites for hydroxylation is 1. The summed E-state index contributed by atoms with van der Waals surface area (Å²) in [5, 5.41) is 0. The highest BCUT2D eigenvalue weighted by molar-refractivity contribution is 5.71. The Hall–Kier alpha value is -1.16. The van der Waals surface area contributed by atoms with Crippen LogP contribution in [0, 0.1) is 0 Å². The molecule has 0 spiro atoms. The molecule has 0 aliphatic heterocycles. The van der Waals surface area contributed by atoms with Gasteiger partial charge in [-0.3, -0.25) is 4.79 Å². The third-order valence-corrected chi connectivity index (χ3v) is 1.61. The highest BCUT2D eigenvalue weighted by atomic mass is 16.5. The van der Waals surface area contributed by atoms with Crippen molar-refractivity contribution in [2.45, 2.75) is 13.0 Å². The first-order chi connectivity index (χ1) is 5.88. The number of carbonyl (C=O) groups excluding carboxylic acids is 1. The highest BCUT2D eigenvalue weighted by Crippen LogP contribution is 1.97. The summed E-state index contributed by atoms with van der Waals surface area (Å²) < 4.78 is 6.70. The fourth-order valence-corrected chi connectivity index (χ4v) is 0.995. The smallest absolute Gasteiger partial charge is 0.168 e. The summed E-state index contributed by atoms with van der Waals surface area (Å²) in [6.07, 6.45) is 4.91. The third-order valence-electron chi connectivity index (χ3n) is 1.61. The molecule has 0 saturated heterocycles. The number of hydrogen-bond acceptors (Lipinski definition) is 3. The molecule has 0 saturated carbocycles. The predicted octanol–water partition coefficient (Wildman–Crippen LogP) is 0.732. The molecule has 0 atom stereocenters. The highest BCUT2D eigenvalue weighted by Gasteiger charge is 1.98. The molecule has 0 aromatic carbocycles. The average molecular weight is 168 g/mol. The van der Waals surface area contributed by atoms with Crippen LogP contribution < -0.4 is 0 Å². The van der Waals surface area contributed by atoms with E-state index in [4.69, 9.17) is 4.74 Å². The van der Waals surface area contributed by atoms with Gasteiger partial charge in [-0.25, -0.2) is 4.98 Å². The lowest BCUT2D eigenvalue weighted by molar-refractivity contribution is 0.111. The number of nitrogens with zero attached hydrogens (tertiary/aromatic N) is 2. The predicted molar refractivity (Wildman–Crippen MR) is 44.1 cm³/mol. The maximum Gasteiger partial charge on any atom is 0.168 e. The largest absolute Gasteiger partial charge is 0.385 e. The van der Waals surface area contributed by atoms with Crippen LogP contribution in [0.5, 0.6) is 0 Å². The lowest BCUT2D eigenvalue weighted by Crippen LogP contribution is -2.03. The molecule has 1 aromatic rings. The van der Waals surface area contributed by atoms with Crippen LogP contribution in [0.2, 0.25) is 0 Å². The van der Waals surface area contributed by atoms with Gasteiger partial charge in [-0.1, -0.05) is 0 Å². The van der Waals surface area contributed by atoms with Crippen molar-refractivity contribution >= 4 is 6.29 Å². The molecule has 0 N–H and O–H groups in total. The molecular weight excluding hydrogens is 156 g/mol. The Morgan fingerprint density at radius 1 is 1.75 bits per heavy atom. The molecule has 0 aliphatic carbocycles. The van der Waals surface area contributed by atoms with Gasteiger partial charge in [0.2, 0.25) is 0 Å². The summed E-state index contributed by atoms with van der Waals surface area (Å²) in [4.78, 5) is 14.3. The molecule has 0 bridgehead atoms. The van der Waals surface area contributed by atoms with Crippen molar-refractivity contribution in [2.75, 3.05) is 13.7 Å². The molecule has 4 heteroatoms.